The molecule has 2 fully saturated rings. The zero-order chi connectivity index (χ0) is 8.01. The smallest absolute Gasteiger partial charge is 0.134 e. The molecule has 12 heavy (non-hydrogen) atoms. The quantitative estimate of drug-likeness (QED) is 0.677. The molecule has 2 bridgehead atoms. The Bertz CT molecular complexity index is 193. The van der Waals surface area contributed by atoms with Crippen LogP contribution in [-0.2, 0) is 4.79 Å². The number of halogens is 1. The van der Waals surface area contributed by atoms with Crippen LogP contribution in [0, 0.1) is 17.8 Å². The molecule has 0 heterocycles. The Morgan fingerprint density at radius 3 is 2.25 bits per heavy atom. The van der Waals surface area contributed by atoms with Crippen LogP contribution in [0.1, 0.15) is 26.2 Å². The highest BCUT2D eigenvalue weighted by atomic mass is 35.5. The molecule has 2 N–H and O–H groups in total. The Kier molecular flexibility index (Phi) is 2.79. The van der Waals surface area contributed by atoms with Crippen LogP contribution in [0.25, 0.3) is 0 Å². The molecule has 0 aromatic carbocycles. The van der Waals surface area contributed by atoms with E-state index < -0.39 is 0 Å². The van der Waals surface area contributed by atoms with Crippen molar-refractivity contribution in [3.8, 4) is 0 Å². The van der Waals surface area contributed by atoms with E-state index in [1.54, 1.807) is 6.92 Å². The first kappa shape index (κ1) is 10.0. The van der Waals surface area contributed by atoms with Crippen molar-refractivity contribution in [2.75, 3.05) is 0 Å². The van der Waals surface area contributed by atoms with Gasteiger partial charge in [-0.2, -0.15) is 0 Å². The van der Waals surface area contributed by atoms with Crippen LogP contribution in [0.5, 0.6) is 0 Å². The first-order valence-electron chi connectivity index (χ1n) is 4.46. The average molecular weight is 190 g/mol. The van der Waals surface area contributed by atoms with Crippen molar-refractivity contribution in [3.05, 3.63) is 0 Å². The Labute approximate surface area is 79.3 Å². The summed E-state index contributed by atoms with van der Waals surface area (Å²) in [6.07, 6.45) is 3.71. The van der Waals surface area contributed by atoms with Crippen LogP contribution >= 0.6 is 12.4 Å². The molecule has 2 nitrogen and oxygen atoms in total. The molecule has 4 unspecified atom stereocenters. The maximum Gasteiger partial charge on any atom is 0.134 e. The van der Waals surface area contributed by atoms with E-state index in [1.807, 2.05) is 0 Å². The highest BCUT2D eigenvalue weighted by Crippen LogP contribution is 2.47. The van der Waals surface area contributed by atoms with E-state index in [2.05, 4.69) is 0 Å². The van der Waals surface area contributed by atoms with E-state index in [-0.39, 0.29) is 24.4 Å². The van der Waals surface area contributed by atoms with E-state index >= 15 is 0 Å². The number of carbonyl (C=O) groups is 1. The van der Waals surface area contributed by atoms with Crippen LogP contribution in [0.4, 0.5) is 0 Å². The number of rotatable bonds is 1. The second-order valence-electron chi connectivity index (χ2n) is 4.05. The minimum absolute atomic E-state index is 0. The zero-order valence-corrected chi connectivity index (χ0v) is 8.14. The zero-order valence-electron chi connectivity index (χ0n) is 7.32. The minimum Gasteiger partial charge on any atom is -0.327 e. The highest BCUT2D eigenvalue weighted by molar-refractivity contribution is 5.85. The van der Waals surface area contributed by atoms with Gasteiger partial charge in [0.05, 0.1) is 0 Å². The predicted octanol–water partition coefficient (Wildman–Crippen LogP) is 1.37. The van der Waals surface area contributed by atoms with Crippen LogP contribution in [0.2, 0.25) is 0 Å². The standard InChI is InChI=1S/C9H15NO.ClH/c1-5(11)8-6-2-3-7(4-6)9(8)10;/h6-9H,2-4,10H2,1H3;1H. The van der Waals surface area contributed by atoms with Gasteiger partial charge in [0.15, 0.2) is 0 Å². The molecule has 4 atom stereocenters. The van der Waals surface area contributed by atoms with E-state index in [0.29, 0.717) is 17.6 Å². The topological polar surface area (TPSA) is 43.1 Å². The maximum absolute atomic E-state index is 11.2. The fraction of sp³-hybridized carbons (Fsp3) is 0.889. The number of carbonyl (C=O) groups excluding carboxylic acids is 1. The van der Waals surface area contributed by atoms with Crippen LogP contribution in [0.15, 0.2) is 0 Å². The van der Waals surface area contributed by atoms with E-state index in [4.69, 9.17) is 5.73 Å². The number of hydrogen-bond donors (Lipinski definition) is 1. The normalized spacial score (nSPS) is 44.2. The highest BCUT2D eigenvalue weighted by Gasteiger charge is 2.47. The van der Waals surface area contributed by atoms with Gasteiger partial charge in [-0.25, -0.2) is 0 Å². The minimum atomic E-state index is 0. The molecule has 0 spiro atoms. The molecule has 0 amide bonds. The molecular formula is C9H16ClNO. The van der Waals surface area contributed by atoms with Crippen molar-refractivity contribution in [2.24, 2.45) is 23.5 Å². The van der Waals surface area contributed by atoms with Gasteiger partial charge >= 0.3 is 0 Å². The van der Waals surface area contributed by atoms with Gasteiger partial charge in [-0.15, -0.1) is 12.4 Å². The first-order chi connectivity index (χ1) is 5.20. The number of hydrogen-bond acceptors (Lipinski definition) is 2. The number of ketones is 1. The second-order valence-corrected chi connectivity index (χ2v) is 4.05. The Hall–Kier alpha value is -0.0800. The van der Waals surface area contributed by atoms with Crippen molar-refractivity contribution in [1.29, 1.82) is 0 Å². The Morgan fingerprint density at radius 1 is 1.33 bits per heavy atom. The SMILES string of the molecule is CC(=O)C1C2CCC(C2)C1N.Cl. The van der Waals surface area contributed by atoms with Gasteiger partial charge in [0.25, 0.3) is 0 Å². The third-order valence-corrected chi connectivity index (χ3v) is 3.45. The van der Waals surface area contributed by atoms with Gasteiger partial charge in [-0.3, -0.25) is 4.79 Å². The van der Waals surface area contributed by atoms with Crippen LogP contribution in [-0.4, -0.2) is 11.8 Å². The summed E-state index contributed by atoms with van der Waals surface area (Å²) in [5.74, 6) is 1.81. The summed E-state index contributed by atoms with van der Waals surface area (Å²) in [5.41, 5.74) is 5.94. The van der Waals surface area contributed by atoms with Crippen molar-refractivity contribution in [3.63, 3.8) is 0 Å². The van der Waals surface area contributed by atoms with E-state index in [1.165, 1.54) is 19.3 Å². The van der Waals surface area contributed by atoms with Crippen LogP contribution < -0.4 is 5.73 Å². The molecule has 2 aliphatic carbocycles. The fourth-order valence-corrected chi connectivity index (χ4v) is 2.94. The summed E-state index contributed by atoms with van der Waals surface area (Å²) in [6.45, 7) is 1.69. The fourth-order valence-electron chi connectivity index (χ4n) is 2.94. The van der Waals surface area contributed by atoms with Crippen molar-refractivity contribution in [1.82, 2.24) is 0 Å². The molecule has 0 aliphatic heterocycles. The molecule has 2 aliphatic rings. The van der Waals surface area contributed by atoms with E-state index in [0.717, 1.165) is 0 Å². The number of fused-ring (bicyclic) bond motifs is 2. The molecule has 2 saturated carbocycles. The molecule has 3 heteroatoms. The molecule has 0 saturated heterocycles. The molecule has 2 rings (SSSR count). The van der Waals surface area contributed by atoms with Gasteiger partial charge in [0.2, 0.25) is 0 Å². The third kappa shape index (κ3) is 1.27. The van der Waals surface area contributed by atoms with Crippen molar-refractivity contribution >= 4 is 18.2 Å². The second kappa shape index (κ2) is 3.35. The Balaban J connectivity index is 0.000000720. The average Bonchev–Trinajstić information content (AvgIpc) is 2.44. The summed E-state index contributed by atoms with van der Waals surface area (Å²) >= 11 is 0. The van der Waals surface area contributed by atoms with Gasteiger partial charge < -0.3 is 5.73 Å². The van der Waals surface area contributed by atoms with Crippen molar-refractivity contribution in [2.45, 2.75) is 32.2 Å². The lowest BCUT2D eigenvalue weighted by molar-refractivity contribution is -0.122. The summed E-state index contributed by atoms with van der Waals surface area (Å²) in [6, 6.07) is 0.186. The number of Topliss-reactive ketones (excluding diaryl/α,β-unsaturated/α-hetero) is 1. The van der Waals surface area contributed by atoms with Gasteiger partial charge in [-0.05, 0) is 38.0 Å². The lowest BCUT2D eigenvalue weighted by Gasteiger charge is -2.25. The predicted molar refractivity (Wildman–Crippen MR) is 50.2 cm³/mol. The summed E-state index contributed by atoms with van der Waals surface area (Å²) in [7, 11) is 0. The molecule has 0 aromatic heterocycles. The van der Waals surface area contributed by atoms with Gasteiger partial charge in [-0.1, -0.05) is 0 Å². The number of nitrogens with two attached hydrogens (primary N) is 1. The summed E-state index contributed by atoms with van der Waals surface area (Å²) < 4.78 is 0. The largest absolute Gasteiger partial charge is 0.327 e. The molecule has 0 radical (unpaired) electrons. The van der Waals surface area contributed by atoms with Crippen molar-refractivity contribution < 1.29 is 4.79 Å². The maximum atomic E-state index is 11.2. The summed E-state index contributed by atoms with van der Waals surface area (Å²) in [4.78, 5) is 11.2. The first-order valence-corrected chi connectivity index (χ1v) is 4.46. The van der Waals surface area contributed by atoms with Gasteiger partial charge in [0, 0.05) is 12.0 Å². The molecule has 70 valence electrons. The summed E-state index contributed by atoms with van der Waals surface area (Å²) in [5, 5.41) is 0. The Morgan fingerprint density at radius 2 is 1.92 bits per heavy atom. The molecule has 0 aromatic rings. The molecular weight excluding hydrogens is 174 g/mol. The lowest BCUT2D eigenvalue weighted by atomic mass is 9.83. The van der Waals surface area contributed by atoms with E-state index in [9.17, 15) is 4.79 Å². The van der Waals surface area contributed by atoms with Gasteiger partial charge in [0.1, 0.15) is 5.78 Å². The van der Waals surface area contributed by atoms with Crippen LogP contribution in [0.3, 0.4) is 0 Å². The monoisotopic (exact) mass is 189 g/mol. The third-order valence-electron chi connectivity index (χ3n) is 3.45. The lowest BCUT2D eigenvalue weighted by Crippen LogP contribution is -2.39.